The second-order valence-corrected chi connectivity index (χ2v) is 5.01. The highest BCUT2D eigenvalue weighted by Gasteiger charge is 2.09. The Balaban J connectivity index is 2.04. The van der Waals surface area contributed by atoms with Gasteiger partial charge in [0, 0.05) is 11.4 Å². The number of nitrogens with one attached hydrogen (secondary N) is 1. The van der Waals surface area contributed by atoms with Crippen LogP contribution in [-0.4, -0.2) is 19.0 Å². The lowest BCUT2D eigenvalue weighted by atomic mass is 10.2. The van der Waals surface area contributed by atoms with Crippen LogP contribution in [0.25, 0.3) is 10.4 Å². The van der Waals surface area contributed by atoms with E-state index in [4.69, 9.17) is 5.73 Å². The van der Waals surface area contributed by atoms with E-state index in [1.165, 1.54) is 11.3 Å². The minimum absolute atomic E-state index is 0.0179. The molecule has 0 saturated heterocycles. The van der Waals surface area contributed by atoms with Crippen LogP contribution in [0.5, 0.6) is 0 Å². The predicted molar refractivity (Wildman–Crippen MR) is 75.8 cm³/mol. The largest absolute Gasteiger partial charge is 0.351 e. The molecule has 3 nitrogen and oxygen atoms in total. The van der Waals surface area contributed by atoms with Crippen LogP contribution in [0.3, 0.4) is 0 Å². The van der Waals surface area contributed by atoms with Gasteiger partial charge in [0.1, 0.15) is 0 Å². The van der Waals surface area contributed by atoms with Crippen LogP contribution < -0.4 is 11.1 Å². The van der Waals surface area contributed by atoms with Gasteiger partial charge in [0.2, 0.25) is 0 Å². The standard InChI is InChI=1S/C14H16N2OS/c15-9-4-10-16-14(17)13-8-7-12(18-13)11-5-2-1-3-6-11/h1-3,5-8H,4,9-10,15H2,(H,16,17). The van der Waals surface area contributed by atoms with Crippen LogP contribution in [0.1, 0.15) is 16.1 Å². The molecule has 0 bridgehead atoms. The summed E-state index contributed by atoms with van der Waals surface area (Å²) in [5.41, 5.74) is 6.53. The topological polar surface area (TPSA) is 55.1 Å². The van der Waals surface area contributed by atoms with Crippen molar-refractivity contribution >= 4 is 17.2 Å². The number of hydrogen-bond acceptors (Lipinski definition) is 3. The normalized spacial score (nSPS) is 10.3. The lowest BCUT2D eigenvalue weighted by molar-refractivity contribution is 0.0957. The minimum Gasteiger partial charge on any atom is -0.351 e. The van der Waals surface area contributed by atoms with Crippen LogP contribution in [0.4, 0.5) is 0 Å². The zero-order valence-electron chi connectivity index (χ0n) is 10.1. The first-order valence-corrected chi connectivity index (χ1v) is 6.76. The molecule has 1 heterocycles. The maximum Gasteiger partial charge on any atom is 0.261 e. The second kappa shape index (κ2) is 6.33. The fraction of sp³-hybridized carbons (Fsp3) is 0.214. The van der Waals surface area contributed by atoms with Gasteiger partial charge in [-0.3, -0.25) is 4.79 Å². The summed E-state index contributed by atoms with van der Waals surface area (Å²) >= 11 is 1.51. The molecule has 2 rings (SSSR count). The van der Waals surface area contributed by atoms with Crippen LogP contribution in [0, 0.1) is 0 Å². The predicted octanol–water partition coefficient (Wildman–Crippen LogP) is 2.49. The number of benzene rings is 1. The van der Waals surface area contributed by atoms with E-state index in [1.54, 1.807) is 0 Å². The molecular weight excluding hydrogens is 244 g/mol. The average molecular weight is 260 g/mol. The van der Waals surface area contributed by atoms with Crippen molar-refractivity contribution < 1.29 is 4.79 Å². The minimum atomic E-state index is -0.0179. The number of hydrogen-bond donors (Lipinski definition) is 2. The first kappa shape index (κ1) is 12.8. The Labute approximate surface area is 111 Å². The van der Waals surface area contributed by atoms with E-state index in [9.17, 15) is 4.79 Å². The Kier molecular flexibility index (Phi) is 4.50. The van der Waals surface area contributed by atoms with Crippen LogP contribution in [0.2, 0.25) is 0 Å². The fourth-order valence-electron chi connectivity index (χ4n) is 1.61. The molecule has 94 valence electrons. The summed E-state index contributed by atoms with van der Waals surface area (Å²) in [6, 6.07) is 13.9. The Morgan fingerprint density at radius 3 is 2.67 bits per heavy atom. The van der Waals surface area contributed by atoms with Gasteiger partial charge in [0.25, 0.3) is 5.91 Å². The molecule has 0 saturated carbocycles. The Hall–Kier alpha value is -1.65. The third-order valence-corrected chi connectivity index (χ3v) is 3.69. The zero-order chi connectivity index (χ0) is 12.8. The summed E-state index contributed by atoms with van der Waals surface area (Å²) in [6.45, 7) is 1.23. The van der Waals surface area contributed by atoms with Gasteiger partial charge >= 0.3 is 0 Å². The molecule has 1 aromatic carbocycles. The Morgan fingerprint density at radius 1 is 1.17 bits per heavy atom. The smallest absolute Gasteiger partial charge is 0.261 e. The molecule has 1 amide bonds. The van der Waals surface area contributed by atoms with Crippen molar-refractivity contribution in [1.29, 1.82) is 0 Å². The summed E-state index contributed by atoms with van der Waals surface area (Å²) in [6.07, 6.45) is 0.808. The number of carbonyl (C=O) groups is 1. The summed E-state index contributed by atoms with van der Waals surface area (Å²) in [5.74, 6) is -0.0179. The van der Waals surface area contributed by atoms with Crippen LogP contribution in [-0.2, 0) is 0 Å². The maximum atomic E-state index is 11.8. The molecule has 0 unspecified atom stereocenters. The van der Waals surface area contributed by atoms with E-state index >= 15 is 0 Å². The van der Waals surface area contributed by atoms with Crippen molar-refractivity contribution in [2.45, 2.75) is 6.42 Å². The SMILES string of the molecule is NCCCNC(=O)c1ccc(-c2ccccc2)s1. The van der Waals surface area contributed by atoms with Gasteiger partial charge in [-0.05, 0) is 30.7 Å². The third-order valence-electron chi connectivity index (χ3n) is 2.55. The molecular formula is C14H16N2OS. The van der Waals surface area contributed by atoms with Crippen LogP contribution >= 0.6 is 11.3 Å². The van der Waals surface area contributed by atoms with E-state index in [0.717, 1.165) is 21.7 Å². The molecule has 0 aliphatic carbocycles. The zero-order valence-corrected chi connectivity index (χ0v) is 10.9. The molecule has 2 aromatic rings. The van der Waals surface area contributed by atoms with Crippen molar-refractivity contribution in [1.82, 2.24) is 5.32 Å². The molecule has 0 spiro atoms. The van der Waals surface area contributed by atoms with E-state index in [2.05, 4.69) is 5.32 Å². The summed E-state index contributed by atoms with van der Waals surface area (Å²) in [4.78, 5) is 13.7. The average Bonchev–Trinajstić information content (AvgIpc) is 2.89. The second-order valence-electron chi connectivity index (χ2n) is 3.93. The number of amides is 1. The van der Waals surface area contributed by atoms with Crippen molar-refractivity contribution in [2.24, 2.45) is 5.73 Å². The first-order valence-electron chi connectivity index (χ1n) is 5.95. The molecule has 0 atom stereocenters. The number of nitrogens with two attached hydrogens (primary N) is 1. The van der Waals surface area contributed by atoms with Crippen molar-refractivity contribution in [3.8, 4) is 10.4 Å². The van der Waals surface area contributed by atoms with E-state index in [1.807, 2.05) is 42.5 Å². The molecule has 0 aliphatic rings. The molecule has 0 radical (unpaired) electrons. The fourth-order valence-corrected chi connectivity index (χ4v) is 2.54. The lowest BCUT2D eigenvalue weighted by Crippen LogP contribution is -2.25. The summed E-state index contributed by atoms with van der Waals surface area (Å²) in [5, 5.41) is 2.86. The maximum absolute atomic E-state index is 11.8. The van der Waals surface area contributed by atoms with Gasteiger partial charge in [-0.25, -0.2) is 0 Å². The van der Waals surface area contributed by atoms with Gasteiger partial charge in [0.05, 0.1) is 4.88 Å². The van der Waals surface area contributed by atoms with Gasteiger partial charge in [-0.1, -0.05) is 30.3 Å². The van der Waals surface area contributed by atoms with Crippen molar-refractivity contribution in [3.05, 3.63) is 47.3 Å². The monoisotopic (exact) mass is 260 g/mol. The highest BCUT2D eigenvalue weighted by Crippen LogP contribution is 2.27. The molecule has 18 heavy (non-hydrogen) atoms. The number of thiophene rings is 1. The van der Waals surface area contributed by atoms with Gasteiger partial charge in [-0.2, -0.15) is 0 Å². The molecule has 0 aliphatic heterocycles. The number of rotatable bonds is 5. The summed E-state index contributed by atoms with van der Waals surface area (Å²) < 4.78 is 0. The quantitative estimate of drug-likeness (QED) is 0.812. The third kappa shape index (κ3) is 3.18. The molecule has 0 fully saturated rings. The Morgan fingerprint density at radius 2 is 1.94 bits per heavy atom. The Bertz CT molecular complexity index is 508. The molecule has 1 aromatic heterocycles. The van der Waals surface area contributed by atoms with Gasteiger partial charge in [0.15, 0.2) is 0 Å². The highest BCUT2D eigenvalue weighted by molar-refractivity contribution is 7.17. The highest BCUT2D eigenvalue weighted by atomic mass is 32.1. The van der Waals surface area contributed by atoms with Crippen LogP contribution in [0.15, 0.2) is 42.5 Å². The van der Waals surface area contributed by atoms with Gasteiger partial charge in [-0.15, -0.1) is 11.3 Å². The number of carbonyl (C=O) groups excluding carboxylic acids is 1. The van der Waals surface area contributed by atoms with Crippen molar-refractivity contribution in [2.75, 3.05) is 13.1 Å². The summed E-state index contributed by atoms with van der Waals surface area (Å²) in [7, 11) is 0. The van der Waals surface area contributed by atoms with E-state index < -0.39 is 0 Å². The lowest BCUT2D eigenvalue weighted by Gasteiger charge is -2.01. The van der Waals surface area contributed by atoms with Gasteiger partial charge < -0.3 is 11.1 Å². The van der Waals surface area contributed by atoms with Crippen molar-refractivity contribution in [3.63, 3.8) is 0 Å². The first-order chi connectivity index (χ1) is 8.81. The molecule has 4 heteroatoms. The molecule has 3 N–H and O–H groups in total. The van der Waals surface area contributed by atoms with E-state index in [0.29, 0.717) is 13.1 Å². The van der Waals surface area contributed by atoms with E-state index in [-0.39, 0.29) is 5.91 Å².